The number of aromatic carboxylic acids is 1. The van der Waals surface area contributed by atoms with Gasteiger partial charge in [0.25, 0.3) is 5.56 Å². The Balaban J connectivity index is 2.99. The highest BCUT2D eigenvalue weighted by molar-refractivity contribution is 5.97. The first-order valence-corrected chi connectivity index (χ1v) is 4.57. The summed E-state index contributed by atoms with van der Waals surface area (Å²) >= 11 is 0. The van der Waals surface area contributed by atoms with E-state index in [1.807, 2.05) is 0 Å². The lowest BCUT2D eigenvalue weighted by Gasteiger charge is -2.08. The van der Waals surface area contributed by atoms with Crippen molar-refractivity contribution < 1.29 is 14.6 Å². The van der Waals surface area contributed by atoms with Crippen molar-refractivity contribution in [3.8, 4) is 5.75 Å². The van der Waals surface area contributed by atoms with E-state index >= 15 is 0 Å². The van der Waals surface area contributed by atoms with Gasteiger partial charge >= 0.3 is 5.97 Å². The third-order valence-corrected chi connectivity index (χ3v) is 2.29. The Kier molecular flexibility index (Phi) is 2.36. The highest BCUT2D eigenvalue weighted by Crippen LogP contribution is 2.21. The number of carboxylic acid groups (broad SMARTS) is 1. The van der Waals surface area contributed by atoms with Crippen LogP contribution in [0.5, 0.6) is 5.75 Å². The van der Waals surface area contributed by atoms with Crippen molar-refractivity contribution in [1.29, 1.82) is 0 Å². The molecule has 0 aliphatic carbocycles. The van der Waals surface area contributed by atoms with Crippen molar-refractivity contribution in [2.75, 3.05) is 7.11 Å². The molecule has 2 aromatic heterocycles. The lowest BCUT2D eigenvalue weighted by Crippen LogP contribution is -2.15. The number of ether oxygens (including phenoxy) is 1. The second kappa shape index (κ2) is 3.69. The second-order valence-corrected chi connectivity index (χ2v) is 3.19. The van der Waals surface area contributed by atoms with Crippen LogP contribution in [0.4, 0.5) is 0 Å². The number of carbonyl (C=O) groups is 1. The molecule has 0 radical (unpaired) electrons. The van der Waals surface area contributed by atoms with Gasteiger partial charge in [-0.25, -0.2) is 4.79 Å². The number of carboxylic acids is 1. The highest BCUT2D eigenvalue weighted by atomic mass is 16.5. The molecule has 1 N–H and O–H groups in total. The number of aromatic nitrogens is 1. The molecule has 0 aliphatic rings. The zero-order valence-corrected chi connectivity index (χ0v) is 8.51. The highest BCUT2D eigenvalue weighted by Gasteiger charge is 2.13. The molecular weight excluding hydrogens is 210 g/mol. The summed E-state index contributed by atoms with van der Waals surface area (Å²) in [6.45, 7) is 0. The van der Waals surface area contributed by atoms with Crippen molar-refractivity contribution >= 4 is 11.5 Å². The fourth-order valence-corrected chi connectivity index (χ4v) is 1.59. The Bertz CT molecular complexity index is 615. The van der Waals surface area contributed by atoms with Gasteiger partial charge in [0.15, 0.2) is 0 Å². The fraction of sp³-hybridized carbons (Fsp3) is 0.0909. The molecule has 0 saturated heterocycles. The SMILES string of the molecule is COc1cccn2c(=O)ccc(C(=O)O)c12. The fourth-order valence-electron chi connectivity index (χ4n) is 1.59. The van der Waals surface area contributed by atoms with Crippen LogP contribution in [0.25, 0.3) is 5.52 Å². The molecular formula is C11H9NO4. The van der Waals surface area contributed by atoms with E-state index in [2.05, 4.69) is 0 Å². The van der Waals surface area contributed by atoms with Crippen molar-refractivity contribution in [2.45, 2.75) is 0 Å². The first-order chi connectivity index (χ1) is 7.65. The maximum atomic E-state index is 11.5. The van der Waals surface area contributed by atoms with Gasteiger partial charge in [0.2, 0.25) is 0 Å². The number of hydrogen-bond donors (Lipinski definition) is 1. The monoisotopic (exact) mass is 219 g/mol. The van der Waals surface area contributed by atoms with Gasteiger partial charge in [-0.2, -0.15) is 0 Å². The molecule has 2 rings (SSSR count). The van der Waals surface area contributed by atoms with Gasteiger partial charge in [-0.05, 0) is 18.2 Å². The molecule has 0 aromatic carbocycles. The summed E-state index contributed by atoms with van der Waals surface area (Å²) in [7, 11) is 1.43. The molecule has 0 unspecified atom stereocenters. The largest absolute Gasteiger partial charge is 0.495 e. The minimum atomic E-state index is -1.10. The van der Waals surface area contributed by atoms with Gasteiger partial charge in [0.05, 0.1) is 12.7 Å². The molecule has 2 aromatic rings. The lowest BCUT2D eigenvalue weighted by atomic mass is 10.2. The van der Waals surface area contributed by atoms with Crippen LogP contribution >= 0.6 is 0 Å². The van der Waals surface area contributed by atoms with Gasteiger partial charge in [-0.3, -0.25) is 9.20 Å². The zero-order chi connectivity index (χ0) is 11.7. The average molecular weight is 219 g/mol. The Morgan fingerprint density at radius 1 is 1.38 bits per heavy atom. The summed E-state index contributed by atoms with van der Waals surface area (Å²) in [5.74, 6) is -0.736. The van der Waals surface area contributed by atoms with E-state index in [1.165, 1.54) is 29.8 Å². The molecule has 0 fully saturated rings. The van der Waals surface area contributed by atoms with E-state index in [9.17, 15) is 9.59 Å². The third-order valence-electron chi connectivity index (χ3n) is 2.29. The number of nitrogens with zero attached hydrogens (tertiary/aromatic N) is 1. The Morgan fingerprint density at radius 3 is 2.75 bits per heavy atom. The van der Waals surface area contributed by atoms with E-state index in [-0.39, 0.29) is 16.6 Å². The van der Waals surface area contributed by atoms with E-state index in [0.29, 0.717) is 5.75 Å². The minimum absolute atomic E-state index is 0.0389. The molecule has 5 heteroatoms. The van der Waals surface area contributed by atoms with Crippen molar-refractivity contribution in [1.82, 2.24) is 4.40 Å². The van der Waals surface area contributed by atoms with Crippen LogP contribution in [-0.2, 0) is 0 Å². The predicted octanol–water partition coefficient (Wildman–Crippen LogP) is 1.01. The van der Waals surface area contributed by atoms with E-state index in [4.69, 9.17) is 9.84 Å². The summed E-state index contributed by atoms with van der Waals surface area (Å²) in [4.78, 5) is 22.6. The van der Waals surface area contributed by atoms with E-state index < -0.39 is 5.97 Å². The van der Waals surface area contributed by atoms with Gasteiger partial charge in [-0.1, -0.05) is 0 Å². The molecule has 5 nitrogen and oxygen atoms in total. The number of methoxy groups -OCH3 is 1. The quantitative estimate of drug-likeness (QED) is 0.818. The normalized spacial score (nSPS) is 10.3. The summed E-state index contributed by atoms with van der Waals surface area (Å²) in [5, 5.41) is 9.02. The second-order valence-electron chi connectivity index (χ2n) is 3.19. The molecule has 0 aliphatic heterocycles. The number of rotatable bonds is 2. The van der Waals surface area contributed by atoms with Crippen LogP contribution in [0.1, 0.15) is 10.4 Å². The van der Waals surface area contributed by atoms with Crippen molar-refractivity contribution in [2.24, 2.45) is 0 Å². The van der Waals surface area contributed by atoms with Crippen LogP contribution in [0.2, 0.25) is 0 Å². The molecule has 2 heterocycles. The average Bonchev–Trinajstić information content (AvgIpc) is 2.28. The number of pyridine rings is 2. The van der Waals surface area contributed by atoms with Crippen LogP contribution in [0.15, 0.2) is 35.3 Å². The van der Waals surface area contributed by atoms with Gasteiger partial charge < -0.3 is 9.84 Å². The molecule has 82 valence electrons. The Hall–Kier alpha value is -2.30. The molecule has 0 saturated carbocycles. The summed E-state index contributed by atoms with van der Waals surface area (Å²) < 4.78 is 6.30. The maximum absolute atomic E-state index is 11.5. The topological polar surface area (TPSA) is 68.0 Å². The van der Waals surface area contributed by atoms with Gasteiger partial charge in [0, 0.05) is 12.3 Å². The van der Waals surface area contributed by atoms with Gasteiger partial charge in [0.1, 0.15) is 11.3 Å². The van der Waals surface area contributed by atoms with E-state index in [1.54, 1.807) is 12.1 Å². The molecule has 0 amide bonds. The molecule has 0 bridgehead atoms. The molecule has 0 spiro atoms. The summed E-state index contributed by atoms with van der Waals surface area (Å²) in [5.41, 5.74) is 0.0148. The van der Waals surface area contributed by atoms with Crippen LogP contribution in [0, 0.1) is 0 Å². The number of hydrogen-bond acceptors (Lipinski definition) is 3. The smallest absolute Gasteiger partial charge is 0.337 e. The van der Waals surface area contributed by atoms with Crippen molar-refractivity contribution in [3.05, 3.63) is 46.4 Å². The van der Waals surface area contributed by atoms with Crippen LogP contribution in [-0.4, -0.2) is 22.6 Å². The van der Waals surface area contributed by atoms with Crippen LogP contribution < -0.4 is 10.3 Å². The Labute approximate surface area is 90.5 Å². The predicted molar refractivity (Wildman–Crippen MR) is 57.2 cm³/mol. The zero-order valence-electron chi connectivity index (χ0n) is 8.51. The van der Waals surface area contributed by atoms with Crippen LogP contribution in [0.3, 0.4) is 0 Å². The minimum Gasteiger partial charge on any atom is -0.495 e. The summed E-state index contributed by atoms with van der Waals surface area (Å²) in [6.07, 6.45) is 1.51. The molecule has 16 heavy (non-hydrogen) atoms. The Morgan fingerprint density at radius 2 is 2.12 bits per heavy atom. The first-order valence-electron chi connectivity index (χ1n) is 4.57. The lowest BCUT2D eigenvalue weighted by molar-refractivity contribution is 0.0698. The standard InChI is InChI=1S/C11H9NO4/c1-16-8-3-2-6-12-9(13)5-4-7(10(8)12)11(14)15/h2-6H,1H3,(H,14,15). The molecule has 0 atom stereocenters. The van der Waals surface area contributed by atoms with Crippen molar-refractivity contribution in [3.63, 3.8) is 0 Å². The maximum Gasteiger partial charge on any atom is 0.337 e. The third kappa shape index (κ3) is 1.42. The van der Waals surface area contributed by atoms with Gasteiger partial charge in [-0.15, -0.1) is 0 Å². The summed E-state index contributed by atoms with van der Waals surface area (Å²) in [6, 6.07) is 5.73. The number of fused-ring (bicyclic) bond motifs is 1. The first kappa shape index (κ1) is 10.2. The van der Waals surface area contributed by atoms with E-state index in [0.717, 1.165) is 0 Å².